The fraction of sp³-hybridized carbons (Fsp3) is 0.818. The van der Waals surface area contributed by atoms with E-state index in [1.807, 2.05) is 0 Å². The minimum absolute atomic E-state index is 0. The van der Waals surface area contributed by atoms with Crippen molar-refractivity contribution in [3.63, 3.8) is 0 Å². The molecule has 0 aromatic heterocycles. The van der Waals surface area contributed by atoms with E-state index in [1.54, 1.807) is 14.1 Å². The second kappa shape index (κ2) is 38.3. The van der Waals surface area contributed by atoms with Crippen molar-refractivity contribution in [2.75, 3.05) is 14.1 Å². The molecule has 4 nitrogen and oxygen atoms in total. The van der Waals surface area contributed by atoms with Gasteiger partial charge in [-0.3, -0.25) is 9.59 Å². The van der Waals surface area contributed by atoms with Crippen molar-refractivity contribution in [3.05, 3.63) is 0 Å². The number of hydrogen-bond donors (Lipinski definition) is 2. The largest absolute Gasteiger partial charge is 0.359 e. The van der Waals surface area contributed by atoms with Gasteiger partial charge in [0.15, 0.2) is 0 Å². The Morgan fingerprint density at radius 1 is 0.667 bits per heavy atom. The summed E-state index contributed by atoms with van der Waals surface area (Å²) in [6, 6.07) is 0. The maximum absolute atomic E-state index is 9.70. The maximum Gasteiger partial charge on any atom is 0.216 e. The first-order valence-corrected chi connectivity index (χ1v) is 2.91. The highest BCUT2D eigenvalue weighted by Crippen LogP contribution is 1.45. The van der Waals surface area contributed by atoms with Crippen molar-refractivity contribution >= 4 is 11.8 Å². The molecule has 100 valence electrons. The van der Waals surface area contributed by atoms with Crippen LogP contribution in [0.3, 0.4) is 0 Å². The van der Waals surface area contributed by atoms with Gasteiger partial charge in [0.05, 0.1) is 0 Å². The predicted molar refractivity (Wildman–Crippen MR) is 73.1 cm³/mol. The van der Waals surface area contributed by atoms with Crippen LogP contribution in [0, 0.1) is 0 Å². The lowest BCUT2D eigenvalue weighted by Gasteiger charge is -1.80. The Bertz CT molecular complexity index is 101. The molecular formula is C11H34N2O2. The van der Waals surface area contributed by atoms with E-state index in [-0.39, 0.29) is 48.9 Å². The van der Waals surface area contributed by atoms with Crippen molar-refractivity contribution in [2.45, 2.75) is 51.0 Å². The summed E-state index contributed by atoms with van der Waals surface area (Å²) in [6.07, 6.45) is 0. The smallest absolute Gasteiger partial charge is 0.216 e. The third-order valence-corrected chi connectivity index (χ3v) is 0.704. The van der Waals surface area contributed by atoms with Crippen LogP contribution in [-0.2, 0) is 9.59 Å². The Hall–Kier alpha value is -1.06. The highest BCUT2D eigenvalue weighted by Gasteiger charge is 1.73. The van der Waals surface area contributed by atoms with Gasteiger partial charge in [0.25, 0.3) is 0 Å². The summed E-state index contributed by atoms with van der Waals surface area (Å²) in [4.78, 5) is 19.4. The minimum atomic E-state index is 0. The molecule has 4 heteroatoms. The molecule has 0 aliphatic heterocycles. The fourth-order valence-electron chi connectivity index (χ4n) is 0. The van der Waals surface area contributed by atoms with Crippen LogP contribution in [0.4, 0.5) is 0 Å². The molecule has 0 bridgehead atoms. The van der Waals surface area contributed by atoms with Gasteiger partial charge in [-0.05, 0) is 0 Å². The fourth-order valence-corrected chi connectivity index (χ4v) is 0. The number of carbonyl (C=O) groups is 2. The second-order valence-corrected chi connectivity index (χ2v) is 1.61. The zero-order valence-electron chi connectivity index (χ0n) is 6.82. The summed E-state index contributed by atoms with van der Waals surface area (Å²) < 4.78 is 0. The number of rotatable bonds is 0. The molecule has 2 amide bonds. The quantitative estimate of drug-likeness (QED) is 0.667. The Balaban J connectivity index is -0.0000000128. The molecule has 0 fully saturated rings. The molecule has 0 atom stereocenters. The second-order valence-electron chi connectivity index (χ2n) is 1.61. The third kappa shape index (κ3) is 179. The topological polar surface area (TPSA) is 58.2 Å². The molecule has 0 aliphatic rings. The molecule has 0 spiro atoms. The third-order valence-electron chi connectivity index (χ3n) is 0.704. The Morgan fingerprint density at radius 2 is 0.733 bits per heavy atom. The van der Waals surface area contributed by atoms with E-state index in [0.717, 1.165) is 0 Å². The monoisotopic (exact) mass is 226 g/mol. The van der Waals surface area contributed by atoms with Crippen LogP contribution in [0.1, 0.15) is 51.0 Å². The normalized spacial score (nSPS) is 4.53. The van der Waals surface area contributed by atoms with Crippen molar-refractivity contribution < 1.29 is 9.59 Å². The highest BCUT2D eigenvalue weighted by atomic mass is 16.1. The first kappa shape index (κ1) is 48.5. The van der Waals surface area contributed by atoms with Crippen LogP contribution in [0.25, 0.3) is 0 Å². The van der Waals surface area contributed by atoms with Crippen molar-refractivity contribution in [2.24, 2.45) is 0 Å². The molecule has 0 unspecified atom stereocenters. The number of carbonyl (C=O) groups excluding carboxylic acids is 2. The molecule has 0 aromatic carbocycles. The van der Waals surface area contributed by atoms with Crippen LogP contribution in [0.5, 0.6) is 0 Å². The van der Waals surface area contributed by atoms with E-state index >= 15 is 0 Å². The van der Waals surface area contributed by atoms with Crippen LogP contribution in [0.2, 0.25) is 0 Å². The molecule has 2 N–H and O–H groups in total. The van der Waals surface area contributed by atoms with Gasteiger partial charge in [-0.2, -0.15) is 0 Å². The Labute approximate surface area is 97.8 Å². The van der Waals surface area contributed by atoms with E-state index < -0.39 is 0 Å². The molecule has 0 rings (SSSR count). The summed E-state index contributed by atoms with van der Waals surface area (Å²) >= 11 is 0. The Morgan fingerprint density at radius 3 is 0.733 bits per heavy atom. The predicted octanol–water partition coefficient (Wildman–Crippen LogP) is 2.69. The van der Waals surface area contributed by atoms with E-state index in [0.29, 0.717) is 0 Å². The molecule has 0 saturated carbocycles. The molecular weight excluding hydrogens is 192 g/mol. The van der Waals surface area contributed by atoms with E-state index in [1.165, 1.54) is 13.8 Å². The van der Waals surface area contributed by atoms with Gasteiger partial charge in [0, 0.05) is 27.9 Å². The first-order chi connectivity index (χ1) is 4.54. The molecule has 0 aliphatic carbocycles. The van der Waals surface area contributed by atoms with Crippen LogP contribution >= 0.6 is 0 Å². The van der Waals surface area contributed by atoms with Crippen LogP contribution < -0.4 is 10.6 Å². The summed E-state index contributed by atoms with van der Waals surface area (Å²) in [6.45, 7) is 2.94. The first-order valence-electron chi connectivity index (χ1n) is 2.91. The number of amides is 2. The van der Waals surface area contributed by atoms with Crippen LogP contribution in [0.15, 0.2) is 0 Å². The zero-order valence-corrected chi connectivity index (χ0v) is 6.82. The van der Waals surface area contributed by atoms with Gasteiger partial charge in [0.2, 0.25) is 11.8 Å². The number of nitrogens with one attached hydrogen (secondary N) is 2. The molecule has 0 radical (unpaired) electrons. The van der Waals surface area contributed by atoms with Gasteiger partial charge in [-0.25, -0.2) is 0 Å². The molecule has 15 heavy (non-hydrogen) atoms. The zero-order chi connectivity index (χ0) is 8.57. The average Bonchev–Trinajstić information content (AvgIpc) is 1.89. The lowest BCUT2D eigenvalue weighted by Crippen LogP contribution is -2.11. The molecule has 0 aromatic rings. The van der Waals surface area contributed by atoms with Crippen molar-refractivity contribution in [1.82, 2.24) is 10.6 Å². The average molecular weight is 226 g/mol. The summed E-state index contributed by atoms with van der Waals surface area (Å²) in [7, 11) is 3.20. The lowest BCUT2D eigenvalue weighted by atomic mass is 10.7. The van der Waals surface area contributed by atoms with Gasteiger partial charge in [-0.15, -0.1) is 0 Å². The summed E-state index contributed by atoms with van der Waals surface area (Å²) in [5, 5.41) is 4.78. The van der Waals surface area contributed by atoms with E-state index in [2.05, 4.69) is 10.6 Å². The van der Waals surface area contributed by atoms with Gasteiger partial charge < -0.3 is 10.6 Å². The minimum Gasteiger partial charge on any atom is -0.359 e. The van der Waals surface area contributed by atoms with E-state index in [4.69, 9.17) is 0 Å². The van der Waals surface area contributed by atoms with Gasteiger partial charge in [-0.1, -0.05) is 37.1 Å². The lowest BCUT2D eigenvalue weighted by molar-refractivity contribution is -0.119. The maximum atomic E-state index is 9.70. The summed E-state index contributed by atoms with van der Waals surface area (Å²) in [5.41, 5.74) is 0. The van der Waals surface area contributed by atoms with Crippen molar-refractivity contribution in [3.8, 4) is 0 Å². The SMILES string of the molecule is C.C.C.C.C.CNC(C)=O.CNC(C)=O. The van der Waals surface area contributed by atoms with Gasteiger partial charge in [0.1, 0.15) is 0 Å². The van der Waals surface area contributed by atoms with Crippen molar-refractivity contribution in [1.29, 1.82) is 0 Å². The van der Waals surface area contributed by atoms with Crippen LogP contribution in [-0.4, -0.2) is 25.9 Å². The van der Waals surface area contributed by atoms with Gasteiger partial charge >= 0.3 is 0 Å². The molecule has 0 heterocycles. The Kier molecular flexibility index (Phi) is 124. The van der Waals surface area contributed by atoms with E-state index in [9.17, 15) is 9.59 Å². The summed E-state index contributed by atoms with van der Waals surface area (Å²) in [5.74, 6) is 0.00926. The standard InChI is InChI=1S/2C3H7NO.5CH4/c2*1-3(5)4-2;;;;;/h2*1-2H3,(H,4,5);5*1H4. The molecule has 0 saturated heterocycles. The number of hydrogen-bond acceptors (Lipinski definition) is 2. The highest BCUT2D eigenvalue weighted by molar-refractivity contribution is 5.72.